The van der Waals surface area contributed by atoms with Crippen molar-refractivity contribution in [2.24, 2.45) is 0 Å². The minimum atomic E-state index is -0.123. The zero-order valence-corrected chi connectivity index (χ0v) is 11.3. The monoisotopic (exact) mass is 271 g/mol. The Morgan fingerprint density at radius 1 is 1.20 bits per heavy atom. The largest absolute Gasteiger partial charge is 0.489 e. The van der Waals surface area contributed by atoms with Crippen molar-refractivity contribution >= 4 is 5.91 Å². The minimum Gasteiger partial charge on any atom is -0.489 e. The summed E-state index contributed by atoms with van der Waals surface area (Å²) in [6.07, 6.45) is 0. The van der Waals surface area contributed by atoms with E-state index in [-0.39, 0.29) is 12.5 Å². The van der Waals surface area contributed by atoms with E-state index in [1.165, 1.54) is 0 Å². The van der Waals surface area contributed by atoms with Crippen LogP contribution in [0.5, 0.6) is 5.75 Å². The second-order valence-electron chi connectivity index (χ2n) is 4.33. The van der Waals surface area contributed by atoms with Gasteiger partial charge in [-0.2, -0.15) is 0 Å². The molecule has 0 radical (unpaired) electrons. The van der Waals surface area contributed by atoms with E-state index < -0.39 is 0 Å². The summed E-state index contributed by atoms with van der Waals surface area (Å²) >= 11 is 0. The van der Waals surface area contributed by atoms with Crippen LogP contribution in [0.3, 0.4) is 0 Å². The highest BCUT2D eigenvalue weighted by Gasteiger charge is 2.05. The van der Waals surface area contributed by atoms with Crippen molar-refractivity contribution < 1.29 is 14.6 Å². The maximum Gasteiger partial charge on any atom is 0.251 e. The fourth-order valence-electron chi connectivity index (χ4n) is 1.88. The van der Waals surface area contributed by atoms with E-state index in [4.69, 9.17) is 4.74 Å². The van der Waals surface area contributed by atoms with Crippen LogP contribution in [0.2, 0.25) is 0 Å². The second kappa shape index (κ2) is 6.73. The van der Waals surface area contributed by atoms with Gasteiger partial charge in [-0.15, -0.1) is 0 Å². The van der Waals surface area contributed by atoms with Gasteiger partial charge in [-0.1, -0.05) is 30.3 Å². The number of para-hydroxylation sites is 1. The van der Waals surface area contributed by atoms with Crippen LogP contribution in [0, 0.1) is 0 Å². The molecule has 2 rings (SSSR count). The summed E-state index contributed by atoms with van der Waals surface area (Å²) in [5, 5.41) is 11.8. The number of carbonyl (C=O) groups is 1. The first-order valence-corrected chi connectivity index (χ1v) is 6.37. The third-order valence-corrected chi connectivity index (χ3v) is 2.95. The number of carbonyl (C=O) groups excluding carboxylic acids is 1. The lowest BCUT2D eigenvalue weighted by atomic mass is 10.1. The Balaban J connectivity index is 2.09. The lowest BCUT2D eigenvalue weighted by Gasteiger charge is -2.10. The molecule has 0 aliphatic heterocycles. The highest BCUT2D eigenvalue weighted by Crippen LogP contribution is 2.19. The Bertz CT molecular complexity index is 596. The first-order chi connectivity index (χ1) is 9.74. The normalized spacial score (nSPS) is 10.1. The molecule has 0 saturated heterocycles. The molecule has 2 aromatic rings. The molecule has 0 atom stereocenters. The standard InChI is InChI=1S/C16H17NO3/c1-17-16(19)13-7-4-5-12(9-13)11-20-15-8-3-2-6-14(15)10-18/h2-9,18H,10-11H2,1H3,(H,17,19). The minimum absolute atomic E-state index is 0.0611. The molecule has 4 heteroatoms. The lowest BCUT2D eigenvalue weighted by molar-refractivity contribution is 0.0963. The molecule has 0 fully saturated rings. The summed E-state index contributed by atoms with van der Waals surface area (Å²) < 4.78 is 5.69. The molecule has 0 aliphatic rings. The van der Waals surface area contributed by atoms with Crippen LogP contribution in [0.15, 0.2) is 48.5 Å². The van der Waals surface area contributed by atoms with Crippen LogP contribution < -0.4 is 10.1 Å². The van der Waals surface area contributed by atoms with Gasteiger partial charge >= 0.3 is 0 Å². The zero-order chi connectivity index (χ0) is 14.4. The van der Waals surface area contributed by atoms with Crippen molar-refractivity contribution in [2.45, 2.75) is 13.2 Å². The summed E-state index contributed by atoms with van der Waals surface area (Å²) in [5.41, 5.74) is 2.25. The van der Waals surface area contributed by atoms with E-state index in [1.54, 1.807) is 19.2 Å². The van der Waals surface area contributed by atoms with E-state index in [0.717, 1.165) is 11.1 Å². The molecule has 0 unspecified atom stereocenters. The average molecular weight is 271 g/mol. The Kier molecular flexibility index (Phi) is 4.74. The summed E-state index contributed by atoms with van der Waals surface area (Å²) in [5.74, 6) is 0.531. The number of rotatable bonds is 5. The van der Waals surface area contributed by atoms with Gasteiger partial charge in [-0.3, -0.25) is 4.79 Å². The fraction of sp³-hybridized carbons (Fsp3) is 0.188. The van der Waals surface area contributed by atoms with Crippen molar-refractivity contribution in [2.75, 3.05) is 7.05 Å². The summed E-state index contributed by atoms with van der Waals surface area (Å²) in [4.78, 5) is 11.6. The van der Waals surface area contributed by atoms with Crippen LogP contribution in [0.1, 0.15) is 21.5 Å². The van der Waals surface area contributed by atoms with Crippen LogP contribution in [-0.4, -0.2) is 18.1 Å². The molecular formula is C16H17NO3. The van der Waals surface area contributed by atoms with Crippen molar-refractivity contribution in [3.63, 3.8) is 0 Å². The first-order valence-electron chi connectivity index (χ1n) is 6.37. The number of amides is 1. The maximum absolute atomic E-state index is 11.6. The molecule has 20 heavy (non-hydrogen) atoms. The molecule has 2 aromatic carbocycles. The zero-order valence-electron chi connectivity index (χ0n) is 11.3. The average Bonchev–Trinajstić information content (AvgIpc) is 2.52. The van der Waals surface area contributed by atoms with E-state index >= 15 is 0 Å². The van der Waals surface area contributed by atoms with Gasteiger partial charge < -0.3 is 15.2 Å². The number of hydrogen-bond donors (Lipinski definition) is 2. The highest BCUT2D eigenvalue weighted by molar-refractivity contribution is 5.94. The SMILES string of the molecule is CNC(=O)c1cccc(COc2ccccc2CO)c1. The van der Waals surface area contributed by atoms with E-state index in [0.29, 0.717) is 17.9 Å². The van der Waals surface area contributed by atoms with E-state index in [9.17, 15) is 9.90 Å². The molecule has 0 heterocycles. The predicted octanol–water partition coefficient (Wildman–Crippen LogP) is 2.12. The Morgan fingerprint density at radius 3 is 2.75 bits per heavy atom. The third-order valence-electron chi connectivity index (χ3n) is 2.95. The van der Waals surface area contributed by atoms with Crippen LogP contribution >= 0.6 is 0 Å². The third kappa shape index (κ3) is 3.36. The molecule has 1 amide bonds. The van der Waals surface area contributed by atoms with Gasteiger partial charge in [0.15, 0.2) is 0 Å². The smallest absolute Gasteiger partial charge is 0.251 e. The number of hydrogen-bond acceptors (Lipinski definition) is 3. The predicted molar refractivity (Wildman–Crippen MR) is 76.5 cm³/mol. The molecule has 0 aromatic heterocycles. The topological polar surface area (TPSA) is 58.6 Å². The molecule has 4 nitrogen and oxygen atoms in total. The summed E-state index contributed by atoms with van der Waals surface area (Å²) in [6, 6.07) is 14.6. The Hall–Kier alpha value is -2.33. The van der Waals surface area contributed by atoms with Gasteiger partial charge in [-0.25, -0.2) is 0 Å². The Labute approximate surface area is 118 Å². The maximum atomic E-state index is 11.6. The fourth-order valence-corrected chi connectivity index (χ4v) is 1.88. The van der Waals surface area contributed by atoms with Crippen molar-refractivity contribution in [3.05, 3.63) is 65.2 Å². The summed E-state index contributed by atoms with van der Waals surface area (Å²) in [6.45, 7) is 0.288. The number of benzene rings is 2. The quantitative estimate of drug-likeness (QED) is 0.875. The van der Waals surface area contributed by atoms with Gasteiger partial charge in [0.05, 0.1) is 6.61 Å². The number of ether oxygens (including phenoxy) is 1. The van der Waals surface area contributed by atoms with Gasteiger partial charge in [0.25, 0.3) is 5.91 Å². The molecule has 0 spiro atoms. The van der Waals surface area contributed by atoms with E-state index in [1.807, 2.05) is 36.4 Å². The molecular weight excluding hydrogens is 254 g/mol. The van der Waals surface area contributed by atoms with Crippen LogP contribution in [0.25, 0.3) is 0 Å². The second-order valence-corrected chi connectivity index (χ2v) is 4.33. The highest BCUT2D eigenvalue weighted by atomic mass is 16.5. The van der Waals surface area contributed by atoms with Gasteiger partial charge in [0, 0.05) is 18.2 Å². The van der Waals surface area contributed by atoms with Crippen molar-refractivity contribution in [1.29, 1.82) is 0 Å². The lowest BCUT2D eigenvalue weighted by Crippen LogP contribution is -2.17. The van der Waals surface area contributed by atoms with Crippen LogP contribution in [0.4, 0.5) is 0 Å². The van der Waals surface area contributed by atoms with Crippen molar-refractivity contribution in [3.8, 4) is 5.75 Å². The first kappa shape index (κ1) is 14.1. The summed E-state index contributed by atoms with van der Waals surface area (Å²) in [7, 11) is 1.60. The molecule has 0 bridgehead atoms. The molecule has 0 aliphatic carbocycles. The molecule has 2 N–H and O–H groups in total. The van der Waals surface area contributed by atoms with Crippen molar-refractivity contribution in [1.82, 2.24) is 5.32 Å². The molecule has 0 saturated carbocycles. The number of aliphatic hydroxyl groups is 1. The van der Waals surface area contributed by atoms with Gasteiger partial charge in [0.2, 0.25) is 0 Å². The number of nitrogens with one attached hydrogen (secondary N) is 1. The Morgan fingerprint density at radius 2 is 2.00 bits per heavy atom. The van der Waals surface area contributed by atoms with Gasteiger partial charge in [-0.05, 0) is 23.8 Å². The van der Waals surface area contributed by atoms with Crippen LogP contribution in [-0.2, 0) is 13.2 Å². The number of aliphatic hydroxyl groups excluding tert-OH is 1. The molecule has 104 valence electrons. The van der Waals surface area contributed by atoms with E-state index in [2.05, 4.69) is 5.32 Å². The van der Waals surface area contributed by atoms with Gasteiger partial charge in [0.1, 0.15) is 12.4 Å².